The zero-order chi connectivity index (χ0) is 15.2. The highest BCUT2D eigenvalue weighted by molar-refractivity contribution is 5.88. The Hall–Kier alpha value is -2.37. The first kappa shape index (κ1) is 15.0. The van der Waals surface area contributed by atoms with E-state index in [-0.39, 0.29) is 5.69 Å². The SMILES string of the molecule is CCCOC(=O)c1nnn(-c2ccccc2OCC)c1C. The second-order valence-electron chi connectivity index (χ2n) is 4.47. The molecule has 1 aromatic carbocycles. The van der Waals surface area contributed by atoms with E-state index in [1.165, 1.54) is 0 Å². The molecule has 0 aliphatic heterocycles. The molecule has 0 aliphatic carbocycles. The van der Waals surface area contributed by atoms with Gasteiger partial charge in [-0.2, -0.15) is 0 Å². The summed E-state index contributed by atoms with van der Waals surface area (Å²) >= 11 is 0. The number of para-hydroxylation sites is 2. The third-order valence-corrected chi connectivity index (χ3v) is 2.92. The van der Waals surface area contributed by atoms with Gasteiger partial charge in [0, 0.05) is 0 Å². The van der Waals surface area contributed by atoms with E-state index < -0.39 is 5.97 Å². The molecule has 6 heteroatoms. The lowest BCUT2D eigenvalue weighted by molar-refractivity contribution is 0.0497. The van der Waals surface area contributed by atoms with Crippen LogP contribution < -0.4 is 4.74 Å². The Bertz CT molecular complexity index is 622. The van der Waals surface area contributed by atoms with E-state index >= 15 is 0 Å². The van der Waals surface area contributed by atoms with Crippen molar-refractivity contribution in [1.82, 2.24) is 15.0 Å². The molecule has 0 fully saturated rings. The van der Waals surface area contributed by atoms with Crippen LogP contribution in [-0.2, 0) is 4.74 Å². The molecule has 0 saturated heterocycles. The largest absolute Gasteiger partial charge is 0.492 e. The highest BCUT2D eigenvalue weighted by Crippen LogP contribution is 2.23. The molecule has 0 atom stereocenters. The first-order valence-corrected chi connectivity index (χ1v) is 7.00. The number of carbonyl (C=O) groups excluding carboxylic acids is 1. The predicted octanol–water partition coefficient (Wildman–Crippen LogP) is 2.54. The molecule has 2 rings (SSSR count). The molecule has 1 aromatic heterocycles. The third kappa shape index (κ3) is 3.21. The maximum Gasteiger partial charge on any atom is 0.360 e. The number of hydrogen-bond donors (Lipinski definition) is 0. The molecule has 21 heavy (non-hydrogen) atoms. The molecule has 0 radical (unpaired) electrons. The van der Waals surface area contributed by atoms with Gasteiger partial charge in [-0.3, -0.25) is 0 Å². The first-order chi connectivity index (χ1) is 10.2. The van der Waals surface area contributed by atoms with E-state index in [0.29, 0.717) is 24.7 Å². The quantitative estimate of drug-likeness (QED) is 0.764. The van der Waals surface area contributed by atoms with Gasteiger partial charge in [-0.25, -0.2) is 9.48 Å². The summed E-state index contributed by atoms with van der Waals surface area (Å²) in [4.78, 5) is 11.9. The van der Waals surface area contributed by atoms with Gasteiger partial charge in [0.2, 0.25) is 0 Å². The van der Waals surface area contributed by atoms with Crippen molar-refractivity contribution in [3.8, 4) is 11.4 Å². The summed E-state index contributed by atoms with van der Waals surface area (Å²) in [6.45, 7) is 6.57. The zero-order valence-corrected chi connectivity index (χ0v) is 12.5. The third-order valence-electron chi connectivity index (χ3n) is 2.92. The summed E-state index contributed by atoms with van der Waals surface area (Å²) in [6, 6.07) is 7.49. The normalized spacial score (nSPS) is 10.4. The lowest BCUT2D eigenvalue weighted by Crippen LogP contribution is -2.09. The molecule has 6 nitrogen and oxygen atoms in total. The molecule has 0 bridgehead atoms. The Labute approximate surface area is 123 Å². The van der Waals surface area contributed by atoms with Crippen LogP contribution >= 0.6 is 0 Å². The lowest BCUT2D eigenvalue weighted by Gasteiger charge is -2.10. The molecule has 2 aromatic rings. The number of aromatic nitrogens is 3. The Morgan fingerprint density at radius 3 is 2.76 bits per heavy atom. The summed E-state index contributed by atoms with van der Waals surface area (Å²) in [6.07, 6.45) is 0.770. The molecule has 0 spiro atoms. The highest BCUT2D eigenvalue weighted by atomic mass is 16.5. The fourth-order valence-corrected chi connectivity index (χ4v) is 1.92. The average molecular weight is 289 g/mol. The van der Waals surface area contributed by atoms with E-state index in [0.717, 1.165) is 12.1 Å². The van der Waals surface area contributed by atoms with Crippen molar-refractivity contribution in [2.75, 3.05) is 13.2 Å². The van der Waals surface area contributed by atoms with Gasteiger partial charge in [-0.1, -0.05) is 24.3 Å². The molecular formula is C15H19N3O3. The highest BCUT2D eigenvalue weighted by Gasteiger charge is 2.19. The van der Waals surface area contributed by atoms with Crippen LogP contribution in [0.1, 0.15) is 36.5 Å². The van der Waals surface area contributed by atoms with E-state index in [2.05, 4.69) is 10.3 Å². The van der Waals surface area contributed by atoms with Crippen LogP contribution in [0.5, 0.6) is 5.75 Å². The number of hydrogen-bond acceptors (Lipinski definition) is 5. The molecular weight excluding hydrogens is 270 g/mol. The molecule has 0 unspecified atom stereocenters. The van der Waals surface area contributed by atoms with Crippen molar-refractivity contribution in [3.63, 3.8) is 0 Å². The number of rotatable bonds is 6. The monoisotopic (exact) mass is 289 g/mol. The van der Waals surface area contributed by atoms with E-state index in [1.807, 2.05) is 38.1 Å². The standard InChI is InChI=1S/C15H19N3O3/c1-4-10-21-15(19)14-11(3)18(17-16-14)12-8-6-7-9-13(12)20-5-2/h6-9H,4-5,10H2,1-3H3. The van der Waals surface area contributed by atoms with Crippen molar-refractivity contribution >= 4 is 5.97 Å². The van der Waals surface area contributed by atoms with Crippen molar-refractivity contribution in [1.29, 1.82) is 0 Å². The van der Waals surface area contributed by atoms with E-state index in [4.69, 9.17) is 9.47 Å². The van der Waals surface area contributed by atoms with Crippen LogP contribution in [0.2, 0.25) is 0 Å². The van der Waals surface area contributed by atoms with Crippen LogP contribution in [-0.4, -0.2) is 34.2 Å². The fraction of sp³-hybridized carbons (Fsp3) is 0.400. The molecule has 0 saturated carbocycles. The van der Waals surface area contributed by atoms with Crippen LogP contribution in [0.25, 0.3) is 5.69 Å². The van der Waals surface area contributed by atoms with Gasteiger partial charge in [0.15, 0.2) is 5.69 Å². The van der Waals surface area contributed by atoms with Gasteiger partial charge in [0.05, 0.1) is 18.9 Å². The second-order valence-corrected chi connectivity index (χ2v) is 4.47. The van der Waals surface area contributed by atoms with Crippen LogP contribution in [0.4, 0.5) is 0 Å². The van der Waals surface area contributed by atoms with Crippen LogP contribution in [0.3, 0.4) is 0 Å². The summed E-state index contributed by atoms with van der Waals surface area (Å²) in [5.41, 5.74) is 1.61. The Kier molecular flexibility index (Phi) is 4.92. The summed E-state index contributed by atoms with van der Waals surface area (Å²) in [7, 11) is 0. The minimum absolute atomic E-state index is 0.231. The number of nitrogens with zero attached hydrogens (tertiary/aromatic N) is 3. The maximum absolute atomic E-state index is 11.9. The molecule has 112 valence electrons. The zero-order valence-electron chi connectivity index (χ0n) is 12.5. The molecule has 0 amide bonds. The number of esters is 1. The minimum atomic E-state index is -0.450. The van der Waals surface area contributed by atoms with Gasteiger partial charge in [0.25, 0.3) is 0 Å². The Morgan fingerprint density at radius 2 is 2.05 bits per heavy atom. The number of ether oxygens (including phenoxy) is 2. The number of carbonyl (C=O) groups is 1. The lowest BCUT2D eigenvalue weighted by atomic mass is 10.2. The van der Waals surface area contributed by atoms with Gasteiger partial charge in [0.1, 0.15) is 11.4 Å². The van der Waals surface area contributed by atoms with Crippen molar-refractivity contribution in [3.05, 3.63) is 35.7 Å². The molecule has 0 N–H and O–H groups in total. The van der Waals surface area contributed by atoms with Crippen molar-refractivity contribution in [2.45, 2.75) is 27.2 Å². The van der Waals surface area contributed by atoms with Crippen molar-refractivity contribution < 1.29 is 14.3 Å². The van der Waals surface area contributed by atoms with E-state index in [1.54, 1.807) is 11.6 Å². The molecule has 1 heterocycles. The first-order valence-electron chi connectivity index (χ1n) is 7.00. The van der Waals surface area contributed by atoms with Crippen LogP contribution in [0.15, 0.2) is 24.3 Å². The predicted molar refractivity (Wildman–Crippen MR) is 77.8 cm³/mol. The second kappa shape index (κ2) is 6.88. The number of benzene rings is 1. The summed E-state index contributed by atoms with van der Waals surface area (Å²) in [5.74, 6) is 0.246. The van der Waals surface area contributed by atoms with Gasteiger partial charge >= 0.3 is 5.97 Å². The fourth-order valence-electron chi connectivity index (χ4n) is 1.92. The minimum Gasteiger partial charge on any atom is -0.492 e. The van der Waals surface area contributed by atoms with Crippen LogP contribution in [0, 0.1) is 6.92 Å². The average Bonchev–Trinajstić information content (AvgIpc) is 2.87. The Morgan fingerprint density at radius 1 is 1.29 bits per heavy atom. The van der Waals surface area contributed by atoms with Gasteiger partial charge in [-0.05, 0) is 32.4 Å². The summed E-state index contributed by atoms with van der Waals surface area (Å²) < 4.78 is 12.3. The van der Waals surface area contributed by atoms with Gasteiger partial charge in [-0.15, -0.1) is 5.10 Å². The Balaban J connectivity index is 2.34. The summed E-state index contributed by atoms with van der Waals surface area (Å²) in [5, 5.41) is 7.97. The topological polar surface area (TPSA) is 66.2 Å². The van der Waals surface area contributed by atoms with E-state index in [9.17, 15) is 4.79 Å². The van der Waals surface area contributed by atoms with Crippen molar-refractivity contribution in [2.24, 2.45) is 0 Å². The van der Waals surface area contributed by atoms with Gasteiger partial charge < -0.3 is 9.47 Å². The smallest absolute Gasteiger partial charge is 0.360 e. The molecule has 0 aliphatic rings. The maximum atomic E-state index is 11.9.